The molecule has 2 rings (SSSR count). The molecule has 7 nitrogen and oxygen atoms in total. The SMILES string of the molecule is CC(=O)Nc1ccc(S(=O)(=O)NCC(=O)OCc2cccc(F)c2F)cc1. The van der Waals surface area contributed by atoms with E-state index in [0.29, 0.717) is 5.69 Å². The normalized spacial score (nSPS) is 11.1. The standard InChI is InChI=1S/C17H16F2N2O5S/c1-11(22)21-13-5-7-14(8-6-13)27(24,25)20-9-16(23)26-10-12-3-2-4-15(18)17(12)19/h2-8,20H,9-10H2,1H3,(H,21,22). The highest BCUT2D eigenvalue weighted by Crippen LogP contribution is 2.14. The number of carbonyl (C=O) groups excluding carboxylic acids is 2. The van der Waals surface area contributed by atoms with Gasteiger partial charge in [-0.3, -0.25) is 9.59 Å². The predicted molar refractivity (Wildman–Crippen MR) is 92.1 cm³/mol. The van der Waals surface area contributed by atoms with Gasteiger partial charge in [0.05, 0.1) is 4.90 Å². The first-order valence-electron chi connectivity index (χ1n) is 7.65. The number of amides is 1. The van der Waals surface area contributed by atoms with Gasteiger partial charge in [0.25, 0.3) is 0 Å². The minimum atomic E-state index is -4.00. The molecule has 2 aromatic rings. The van der Waals surface area contributed by atoms with Gasteiger partial charge in [0.2, 0.25) is 15.9 Å². The van der Waals surface area contributed by atoms with Crippen LogP contribution >= 0.6 is 0 Å². The number of benzene rings is 2. The lowest BCUT2D eigenvalue weighted by atomic mass is 10.2. The van der Waals surface area contributed by atoms with Crippen LogP contribution in [0.1, 0.15) is 12.5 Å². The molecule has 1 amide bonds. The molecule has 0 heterocycles. The molecule has 0 spiro atoms. The van der Waals surface area contributed by atoms with Gasteiger partial charge < -0.3 is 10.1 Å². The summed E-state index contributed by atoms with van der Waals surface area (Å²) in [6.45, 7) is 0.0931. The first kappa shape index (κ1) is 20.5. The van der Waals surface area contributed by atoms with Gasteiger partial charge in [-0.15, -0.1) is 0 Å². The molecule has 2 aromatic carbocycles. The van der Waals surface area contributed by atoms with Gasteiger partial charge in [-0.05, 0) is 30.3 Å². The van der Waals surface area contributed by atoms with Crippen molar-refractivity contribution in [3.8, 4) is 0 Å². The predicted octanol–water partition coefficient (Wildman–Crippen LogP) is 1.94. The van der Waals surface area contributed by atoms with E-state index in [9.17, 15) is 26.8 Å². The minimum absolute atomic E-state index is 0.124. The summed E-state index contributed by atoms with van der Waals surface area (Å²) in [4.78, 5) is 22.5. The molecule has 0 atom stereocenters. The van der Waals surface area contributed by atoms with Crippen LogP contribution in [0.3, 0.4) is 0 Å². The number of anilines is 1. The van der Waals surface area contributed by atoms with Crippen molar-refractivity contribution in [1.82, 2.24) is 4.72 Å². The molecule has 144 valence electrons. The first-order valence-corrected chi connectivity index (χ1v) is 9.13. The van der Waals surface area contributed by atoms with Crippen LogP contribution in [0.25, 0.3) is 0 Å². The van der Waals surface area contributed by atoms with Crippen LogP contribution in [0.15, 0.2) is 47.4 Å². The molecule has 0 fully saturated rings. The Hall–Kier alpha value is -2.85. The molecular formula is C17H16F2N2O5S. The lowest BCUT2D eigenvalue weighted by molar-refractivity contribution is -0.143. The van der Waals surface area contributed by atoms with Crippen molar-refractivity contribution in [2.45, 2.75) is 18.4 Å². The largest absolute Gasteiger partial charge is 0.460 e. The fourth-order valence-electron chi connectivity index (χ4n) is 2.03. The lowest BCUT2D eigenvalue weighted by Gasteiger charge is -2.09. The monoisotopic (exact) mass is 398 g/mol. The van der Waals surface area contributed by atoms with Crippen LogP contribution in [0.5, 0.6) is 0 Å². The molecule has 0 unspecified atom stereocenters. The maximum atomic E-state index is 13.5. The van der Waals surface area contributed by atoms with E-state index >= 15 is 0 Å². The first-order chi connectivity index (χ1) is 12.7. The number of hydrogen-bond acceptors (Lipinski definition) is 5. The van der Waals surface area contributed by atoms with Crippen LogP contribution in [-0.4, -0.2) is 26.8 Å². The third-order valence-electron chi connectivity index (χ3n) is 3.31. The third-order valence-corrected chi connectivity index (χ3v) is 4.73. The smallest absolute Gasteiger partial charge is 0.321 e. The highest BCUT2D eigenvalue weighted by molar-refractivity contribution is 7.89. The second kappa shape index (κ2) is 8.69. The topological polar surface area (TPSA) is 102 Å². The van der Waals surface area contributed by atoms with Crippen molar-refractivity contribution < 1.29 is 31.5 Å². The van der Waals surface area contributed by atoms with Crippen molar-refractivity contribution in [2.24, 2.45) is 0 Å². The van der Waals surface area contributed by atoms with Crippen LogP contribution in [0.4, 0.5) is 14.5 Å². The fourth-order valence-corrected chi connectivity index (χ4v) is 3.00. The van der Waals surface area contributed by atoms with Crippen LogP contribution < -0.4 is 10.0 Å². The zero-order valence-electron chi connectivity index (χ0n) is 14.2. The van der Waals surface area contributed by atoms with Gasteiger partial charge in [0.15, 0.2) is 11.6 Å². The van der Waals surface area contributed by atoms with Crippen molar-refractivity contribution in [3.63, 3.8) is 0 Å². The Balaban J connectivity index is 1.91. The van der Waals surface area contributed by atoms with E-state index in [-0.39, 0.29) is 16.4 Å². The maximum absolute atomic E-state index is 13.5. The van der Waals surface area contributed by atoms with E-state index < -0.39 is 40.8 Å². The summed E-state index contributed by atoms with van der Waals surface area (Å²) >= 11 is 0. The Morgan fingerprint density at radius 3 is 2.37 bits per heavy atom. The number of esters is 1. The highest BCUT2D eigenvalue weighted by Gasteiger charge is 2.17. The van der Waals surface area contributed by atoms with Crippen molar-refractivity contribution in [2.75, 3.05) is 11.9 Å². The Labute approximate surface area is 154 Å². The number of rotatable bonds is 7. The quantitative estimate of drug-likeness (QED) is 0.694. The molecule has 2 N–H and O–H groups in total. The summed E-state index contributed by atoms with van der Waals surface area (Å²) in [5, 5.41) is 2.49. The van der Waals surface area contributed by atoms with E-state index in [1.165, 1.54) is 43.3 Å². The summed E-state index contributed by atoms with van der Waals surface area (Å²) in [5.41, 5.74) is 0.248. The Kier molecular flexibility index (Phi) is 6.59. The van der Waals surface area contributed by atoms with Gasteiger partial charge in [0.1, 0.15) is 13.2 Å². The van der Waals surface area contributed by atoms with E-state index in [1.54, 1.807) is 0 Å². The second-order valence-corrected chi connectivity index (χ2v) is 7.17. The van der Waals surface area contributed by atoms with Crippen molar-refractivity contribution >= 4 is 27.6 Å². The number of carbonyl (C=O) groups is 2. The van der Waals surface area contributed by atoms with Crippen LogP contribution in [0, 0.1) is 11.6 Å². The van der Waals surface area contributed by atoms with Gasteiger partial charge in [-0.2, -0.15) is 4.72 Å². The summed E-state index contributed by atoms with van der Waals surface area (Å²) in [7, 11) is -4.00. The zero-order valence-corrected chi connectivity index (χ0v) is 15.0. The molecule has 0 saturated heterocycles. The second-order valence-electron chi connectivity index (χ2n) is 5.40. The Bertz CT molecular complexity index is 946. The summed E-state index contributed by atoms with van der Waals surface area (Å²) in [6, 6.07) is 8.71. The molecule has 0 aliphatic rings. The van der Waals surface area contributed by atoms with Gasteiger partial charge in [0, 0.05) is 18.2 Å². The molecule has 0 bridgehead atoms. The van der Waals surface area contributed by atoms with Gasteiger partial charge in [-0.25, -0.2) is 17.2 Å². The van der Waals surface area contributed by atoms with Gasteiger partial charge >= 0.3 is 5.97 Å². The van der Waals surface area contributed by atoms with Gasteiger partial charge in [-0.1, -0.05) is 12.1 Å². The third kappa shape index (κ3) is 5.83. The molecule has 10 heteroatoms. The molecule has 0 aromatic heterocycles. The Morgan fingerprint density at radius 1 is 1.07 bits per heavy atom. The van der Waals surface area contributed by atoms with Crippen molar-refractivity contribution in [1.29, 1.82) is 0 Å². The van der Waals surface area contributed by atoms with E-state index in [2.05, 4.69) is 5.32 Å². The number of ether oxygens (including phenoxy) is 1. The molecule has 0 saturated carbocycles. The molecule has 0 aliphatic carbocycles. The van der Waals surface area contributed by atoms with Crippen LogP contribution in [-0.2, 0) is 31.0 Å². The van der Waals surface area contributed by atoms with E-state index in [1.807, 2.05) is 4.72 Å². The number of hydrogen-bond donors (Lipinski definition) is 2. The number of nitrogens with one attached hydrogen (secondary N) is 2. The number of sulfonamides is 1. The fraction of sp³-hybridized carbons (Fsp3) is 0.176. The average Bonchev–Trinajstić information content (AvgIpc) is 2.61. The molecule has 0 radical (unpaired) electrons. The Morgan fingerprint density at radius 2 is 1.74 bits per heavy atom. The van der Waals surface area contributed by atoms with E-state index in [4.69, 9.17) is 4.74 Å². The number of halogens is 2. The summed E-state index contributed by atoms with van der Waals surface area (Å²) < 4.78 is 57.6. The highest BCUT2D eigenvalue weighted by atomic mass is 32.2. The van der Waals surface area contributed by atoms with E-state index in [0.717, 1.165) is 6.07 Å². The maximum Gasteiger partial charge on any atom is 0.321 e. The van der Waals surface area contributed by atoms with Crippen LogP contribution in [0.2, 0.25) is 0 Å². The molecule has 0 aliphatic heterocycles. The minimum Gasteiger partial charge on any atom is -0.460 e. The molecule has 27 heavy (non-hydrogen) atoms. The lowest BCUT2D eigenvalue weighted by Crippen LogP contribution is -2.30. The van der Waals surface area contributed by atoms with Crippen molar-refractivity contribution in [3.05, 3.63) is 59.7 Å². The zero-order chi connectivity index (χ0) is 20.0. The summed E-state index contributed by atoms with van der Waals surface area (Å²) in [5.74, 6) is -3.48. The summed E-state index contributed by atoms with van der Waals surface area (Å²) in [6.07, 6.45) is 0. The average molecular weight is 398 g/mol. The molecular weight excluding hydrogens is 382 g/mol.